The van der Waals surface area contributed by atoms with Gasteiger partial charge in [-0.25, -0.2) is 0 Å². The Hall–Kier alpha value is -1.96. The molecule has 13 heteroatoms. The molecule has 0 saturated carbocycles. The zero-order valence-electron chi connectivity index (χ0n) is 15.4. The van der Waals surface area contributed by atoms with Crippen LogP contribution < -0.4 is 7.00 Å². The minimum absolute atomic E-state index is 0.275. The Bertz CT molecular complexity index is 1150. The predicted octanol–water partition coefficient (Wildman–Crippen LogP) is 0.0680. The van der Waals surface area contributed by atoms with Gasteiger partial charge in [-0.15, -0.1) is 0 Å². The molecular formula is C16H13NaO10S2. The van der Waals surface area contributed by atoms with Crippen molar-refractivity contribution in [2.45, 2.75) is 9.79 Å². The monoisotopic (exact) mass is 452 g/mol. The molecule has 0 radical (unpaired) electrons. The fourth-order valence-electron chi connectivity index (χ4n) is 2.27. The van der Waals surface area contributed by atoms with E-state index in [2.05, 4.69) is 9.47 Å². The molecule has 10 nitrogen and oxygen atoms in total. The van der Waals surface area contributed by atoms with Gasteiger partial charge in [0.25, 0.3) is 0 Å². The normalized spacial score (nSPS) is 11.6. The molecule has 0 aliphatic heterocycles. The van der Waals surface area contributed by atoms with Gasteiger partial charge in [0.2, 0.25) is 0 Å². The van der Waals surface area contributed by atoms with Gasteiger partial charge in [0.05, 0.1) is 0 Å². The van der Waals surface area contributed by atoms with Crippen molar-refractivity contribution in [1.29, 1.82) is 0 Å². The van der Waals surface area contributed by atoms with Crippen LogP contribution >= 0.6 is 0 Å². The number of hydrogen-bond acceptors (Lipinski definition) is 9. The molecule has 0 aromatic heterocycles. The Morgan fingerprint density at radius 3 is 1.86 bits per heavy atom. The summed E-state index contributed by atoms with van der Waals surface area (Å²) in [7, 11) is -7.37. The van der Waals surface area contributed by atoms with E-state index in [1.54, 1.807) is 0 Å². The van der Waals surface area contributed by atoms with Crippen LogP contribution in [0.5, 0.6) is 5.75 Å². The second-order valence-electron chi connectivity index (χ2n) is 5.69. The maximum absolute atomic E-state index is 12.7. The molecular weight excluding hydrogens is 439 g/mol. The van der Waals surface area contributed by atoms with Gasteiger partial charge in [-0.1, -0.05) is 0 Å². The fourth-order valence-corrected chi connectivity index (χ4v) is 4.70. The summed E-state index contributed by atoms with van der Waals surface area (Å²) in [5.41, 5.74) is -0.551. The molecule has 0 amide bonds. The summed E-state index contributed by atoms with van der Waals surface area (Å²) in [6, 6.07) is 6.43. The molecule has 2 aromatic carbocycles. The second kappa shape index (κ2) is 8.81. The number of methoxy groups -OCH3 is 2. The Kier molecular flexibility index (Phi) is 7.09. The Balaban J connectivity index is 2.63. The summed E-state index contributed by atoms with van der Waals surface area (Å²) in [6.07, 6.45) is 0. The van der Waals surface area contributed by atoms with E-state index in [4.69, 9.17) is 4.18 Å². The van der Waals surface area contributed by atoms with Gasteiger partial charge >= 0.3 is 185 Å². The fraction of sp³-hybridized carbons (Fsp3) is 0.125. The first-order valence-electron chi connectivity index (χ1n) is 7.73. The summed E-state index contributed by atoms with van der Waals surface area (Å²) in [4.78, 5) is 22.3. The first kappa shape index (κ1) is 23.3. The SMILES string of the molecule is COC(=O)c1cc(C(=O)OC)cc(S(=O)(=O)Oc2cc[c]([Na])cc2S(=O)(=O)O)c1. The van der Waals surface area contributed by atoms with E-state index >= 15 is 0 Å². The third-order valence-corrected chi connectivity index (χ3v) is 6.32. The van der Waals surface area contributed by atoms with Crippen molar-refractivity contribution in [3.63, 3.8) is 0 Å². The number of esters is 2. The summed E-state index contributed by atoms with van der Waals surface area (Å²) in [5.74, 6) is -2.49. The molecule has 29 heavy (non-hydrogen) atoms. The third kappa shape index (κ3) is 5.56. The number of benzene rings is 2. The Morgan fingerprint density at radius 1 is 0.897 bits per heavy atom. The van der Waals surface area contributed by atoms with Gasteiger partial charge < -0.3 is 0 Å². The van der Waals surface area contributed by atoms with Crippen molar-refractivity contribution < 1.29 is 44.6 Å². The van der Waals surface area contributed by atoms with Gasteiger partial charge in [0.1, 0.15) is 0 Å². The van der Waals surface area contributed by atoms with E-state index < -0.39 is 47.7 Å². The molecule has 0 aliphatic carbocycles. The number of carbonyl (C=O) groups excluding carboxylic acids is 2. The molecule has 150 valence electrons. The summed E-state index contributed by atoms with van der Waals surface area (Å²) < 4.78 is 72.4. The molecule has 0 fully saturated rings. The van der Waals surface area contributed by atoms with Gasteiger partial charge in [0, 0.05) is 0 Å². The summed E-state index contributed by atoms with van der Waals surface area (Å²) in [6.45, 7) is 0. The molecule has 0 atom stereocenters. The van der Waals surface area contributed by atoms with Crippen LogP contribution in [0.1, 0.15) is 20.7 Å². The standard InChI is InChI=1S/C16H13O10S2.Na/c1-24-15(17)10-7-11(16(18)25-2)9-12(8-10)28(22,23)26-13-5-3-4-6-14(13)27(19,20)21;/h3,5-9H,1-2H3,(H,19,20,21);. The zero-order valence-corrected chi connectivity index (χ0v) is 19.0. The molecule has 0 heterocycles. The van der Waals surface area contributed by atoms with Crippen LogP contribution in [0.2, 0.25) is 0 Å². The summed E-state index contributed by atoms with van der Waals surface area (Å²) >= 11 is 0.432. The van der Waals surface area contributed by atoms with Gasteiger partial charge in [0.15, 0.2) is 0 Å². The van der Waals surface area contributed by atoms with Crippen LogP contribution in [0, 0.1) is 0 Å². The van der Waals surface area contributed by atoms with E-state index in [1.807, 2.05) is 0 Å². The van der Waals surface area contributed by atoms with E-state index in [-0.39, 0.29) is 11.1 Å². The molecule has 0 spiro atoms. The van der Waals surface area contributed by atoms with Crippen molar-refractivity contribution in [3.05, 3.63) is 47.5 Å². The predicted molar refractivity (Wildman–Crippen MR) is 98.6 cm³/mol. The van der Waals surface area contributed by atoms with Crippen LogP contribution in [-0.2, 0) is 29.7 Å². The molecule has 0 bridgehead atoms. The molecule has 1 N–H and O–H groups in total. The second-order valence-corrected chi connectivity index (χ2v) is 9.78. The number of rotatable bonds is 6. The van der Waals surface area contributed by atoms with Crippen molar-refractivity contribution >= 4 is 62.9 Å². The van der Waals surface area contributed by atoms with Crippen molar-refractivity contribution in [2.75, 3.05) is 14.2 Å². The van der Waals surface area contributed by atoms with Crippen LogP contribution in [-0.4, -0.2) is 75.5 Å². The number of hydrogen-bond donors (Lipinski definition) is 1. The minimum atomic E-state index is -4.78. The van der Waals surface area contributed by atoms with E-state index in [0.29, 0.717) is 30.7 Å². The summed E-state index contributed by atoms with van der Waals surface area (Å²) in [5, 5.41) is 0. The molecule has 2 rings (SSSR count). The third-order valence-electron chi connectivity index (χ3n) is 3.61. The first-order valence-corrected chi connectivity index (χ1v) is 11.6. The van der Waals surface area contributed by atoms with Crippen molar-refractivity contribution in [3.8, 4) is 5.75 Å². The quantitative estimate of drug-likeness (QED) is 0.276. The van der Waals surface area contributed by atoms with Crippen LogP contribution in [0.4, 0.5) is 0 Å². The van der Waals surface area contributed by atoms with Gasteiger partial charge in [-0.2, -0.15) is 0 Å². The maximum atomic E-state index is 12.7. The average molecular weight is 452 g/mol. The first-order chi connectivity index (χ1) is 13.4. The van der Waals surface area contributed by atoms with E-state index in [9.17, 15) is 31.0 Å². The van der Waals surface area contributed by atoms with Gasteiger partial charge in [-0.3, -0.25) is 0 Å². The Labute approximate surface area is 184 Å². The van der Waals surface area contributed by atoms with Crippen molar-refractivity contribution in [2.24, 2.45) is 0 Å². The number of ether oxygens (including phenoxy) is 2. The van der Waals surface area contributed by atoms with E-state index in [1.165, 1.54) is 6.07 Å². The van der Waals surface area contributed by atoms with Crippen LogP contribution in [0.3, 0.4) is 0 Å². The van der Waals surface area contributed by atoms with Crippen LogP contribution in [0.15, 0.2) is 46.2 Å². The Morgan fingerprint density at radius 2 is 1.41 bits per heavy atom. The van der Waals surface area contributed by atoms with Crippen molar-refractivity contribution in [1.82, 2.24) is 0 Å². The zero-order chi connectivity index (χ0) is 22.0. The molecule has 0 unspecified atom stereocenters. The average Bonchev–Trinajstić information content (AvgIpc) is 2.66. The topological polar surface area (TPSA) is 150 Å². The molecule has 0 aliphatic rings. The van der Waals surface area contributed by atoms with Gasteiger partial charge in [-0.05, 0) is 0 Å². The van der Waals surface area contributed by atoms with Crippen LogP contribution in [0.25, 0.3) is 0 Å². The molecule has 0 saturated heterocycles. The number of carbonyl (C=O) groups is 2. The molecule has 2 aromatic rings. The van der Waals surface area contributed by atoms with E-state index in [0.717, 1.165) is 44.6 Å².